The fraction of sp³-hybridized carbons (Fsp3) is 0. The summed E-state index contributed by atoms with van der Waals surface area (Å²) in [5.41, 5.74) is 7.06. The van der Waals surface area contributed by atoms with E-state index in [1.54, 1.807) is 18.2 Å². The van der Waals surface area contributed by atoms with Crippen molar-refractivity contribution in [2.75, 3.05) is 16.4 Å². The van der Waals surface area contributed by atoms with Gasteiger partial charge >= 0.3 is 0 Å². The average molecular weight is 382 g/mol. The van der Waals surface area contributed by atoms with E-state index in [0.717, 1.165) is 12.1 Å². The lowest BCUT2D eigenvalue weighted by molar-refractivity contribution is 0.509. The Balaban J connectivity index is 1.87. The number of anilines is 5. The molecule has 2 aromatic carbocycles. The summed E-state index contributed by atoms with van der Waals surface area (Å²) in [6.45, 7) is 0. The maximum atomic E-state index is 13.3. The zero-order valence-electron chi connectivity index (χ0n) is 12.5. The summed E-state index contributed by atoms with van der Waals surface area (Å²) in [5.74, 6) is -1.40. The summed E-state index contributed by atoms with van der Waals surface area (Å²) >= 11 is 12.0. The van der Waals surface area contributed by atoms with Crippen LogP contribution in [-0.4, -0.2) is 9.97 Å². The van der Waals surface area contributed by atoms with Crippen LogP contribution >= 0.6 is 23.2 Å². The van der Waals surface area contributed by atoms with Gasteiger partial charge in [0.2, 0.25) is 0 Å². The molecular formula is C16H11Cl2F2N5. The third-order valence-electron chi connectivity index (χ3n) is 3.25. The molecule has 0 fully saturated rings. The SMILES string of the molecule is Nc1c(Nc2ccc(F)c(F)c2)ncnc1Nc1ccc(Cl)cc1Cl. The first-order valence-corrected chi connectivity index (χ1v) is 7.74. The Morgan fingerprint density at radius 3 is 2.28 bits per heavy atom. The Morgan fingerprint density at radius 2 is 1.60 bits per heavy atom. The molecule has 0 saturated heterocycles. The van der Waals surface area contributed by atoms with E-state index in [1.165, 1.54) is 12.4 Å². The van der Waals surface area contributed by atoms with Gasteiger partial charge in [0.05, 0.1) is 10.7 Å². The summed E-state index contributed by atoms with van der Waals surface area (Å²) in [6, 6.07) is 8.27. The second-order valence-electron chi connectivity index (χ2n) is 4.99. The number of nitrogens with zero attached hydrogens (tertiary/aromatic N) is 2. The zero-order chi connectivity index (χ0) is 18.0. The van der Waals surface area contributed by atoms with Crippen LogP contribution in [0.2, 0.25) is 10.0 Å². The monoisotopic (exact) mass is 381 g/mol. The predicted molar refractivity (Wildman–Crippen MR) is 95.8 cm³/mol. The van der Waals surface area contributed by atoms with Crippen molar-refractivity contribution in [1.82, 2.24) is 9.97 Å². The number of aromatic nitrogens is 2. The van der Waals surface area contributed by atoms with E-state index in [-0.39, 0.29) is 11.5 Å². The smallest absolute Gasteiger partial charge is 0.160 e. The van der Waals surface area contributed by atoms with Gasteiger partial charge in [-0.2, -0.15) is 0 Å². The van der Waals surface area contributed by atoms with Crippen LogP contribution in [-0.2, 0) is 0 Å². The quantitative estimate of drug-likeness (QED) is 0.583. The van der Waals surface area contributed by atoms with Crippen molar-refractivity contribution in [2.45, 2.75) is 0 Å². The molecular weight excluding hydrogens is 371 g/mol. The first kappa shape index (κ1) is 17.2. The van der Waals surface area contributed by atoms with Gasteiger partial charge in [-0.15, -0.1) is 0 Å². The van der Waals surface area contributed by atoms with Crippen molar-refractivity contribution in [3.05, 3.63) is 64.4 Å². The maximum Gasteiger partial charge on any atom is 0.160 e. The molecule has 0 spiro atoms. The van der Waals surface area contributed by atoms with Crippen molar-refractivity contribution in [1.29, 1.82) is 0 Å². The summed E-state index contributed by atoms with van der Waals surface area (Å²) in [6.07, 6.45) is 1.27. The van der Waals surface area contributed by atoms with Crippen molar-refractivity contribution in [3.8, 4) is 0 Å². The first-order chi connectivity index (χ1) is 11.9. The highest BCUT2D eigenvalue weighted by Gasteiger charge is 2.11. The van der Waals surface area contributed by atoms with E-state index in [0.29, 0.717) is 27.2 Å². The molecule has 3 rings (SSSR count). The Kier molecular flexibility index (Phi) is 4.87. The zero-order valence-corrected chi connectivity index (χ0v) is 14.0. The molecule has 9 heteroatoms. The van der Waals surface area contributed by atoms with Crippen molar-refractivity contribution < 1.29 is 8.78 Å². The number of hydrogen-bond donors (Lipinski definition) is 3. The van der Waals surface area contributed by atoms with Crippen LogP contribution in [0.4, 0.5) is 37.5 Å². The standard InChI is InChI=1S/C16H11Cl2F2N5/c17-8-1-4-13(10(18)5-8)25-16-14(21)15(22-7-23-16)24-9-2-3-11(19)12(20)6-9/h1-7H,21H2,(H2,22,23,24,25). The van der Waals surface area contributed by atoms with Gasteiger partial charge in [0.1, 0.15) is 12.0 Å². The maximum absolute atomic E-state index is 13.3. The van der Waals surface area contributed by atoms with E-state index in [2.05, 4.69) is 20.6 Å². The molecule has 0 aliphatic carbocycles. The average Bonchev–Trinajstić information content (AvgIpc) is 2.57. The van der Waals surface area contributed by atoms with Crippen LogP contribution in [0.25, 0.3) is 0 Å². The Labute approximate surface area is 151 Å². The minimum atomic E-state index is -0.982. The van der Waals surface area contributed by atoms with E-state index in [4.69, 9.17) is 28.9 Å². The van der Waals surface area contributed by atoms with Gasteiger partial charge in [0.25, 0.3) is 0 Å². The molecule has 1 aromatic heterocycles. The van der Waals surface area contributed by atoms with Crippen LogP contribution in [0.15, 0.2) is 42.7 Å². The van der Waals surface area contributed by atoms with Crippen LogP contribution in [0, 0.1) is 11.6 Å². The first-order valence-electron chi connectivity index (χ1n) is 6.98. The van der Waals surface area contributed by atoms with Crippen LogP contribution < -0.4 is 16.4 Å². The molecule has 0 aliphatic heterocycles. The van der Waals surface area contributed by atoms with Gasteiger partial charge in [-0.1, -0.05) is 23.2 Å². The fourth-order valence-corrected chi connectivity index (χ4v) is 2.48. The second kappa shape index (κ2) is 7.08. The van der Waals surface area contributed by atoms with Gasteiger partial charge < -0.3 is 16.4 Å². The van der Waals surface area contributed by atoms with Crippen molar-refractivity contribution in [3.63, 3.8) is 0 Å². The van der Waals surface area contributed by atoms with Gasteiger partial charge in [0.15, 0.2) is 23.3 Å². The molecule has 0 saturated carbocycles. The third kappa shape index (κ3) is 3.89. The highest BCUT2D eigenvalue weighted by atomic mass is 35.5. The molecule has 0 amide bonds. The number of hydrogen-bond acceptors (Lipinski definition) is 5. The van der Waals surface area contributed by atoms with Crippen LogP contribution in [0.5, 0.6) is 0 Å². The highest BCUT2D eigenvalue weighted by molar-refractivity contribution is 6.36. The van der Waals surface area contributed by atoms with Gasteiger partial charge in [-0.05, 0) is 30.3 Å². The number of halogens is 4. The van der Waals surface area contributed by atoms with Gasteiger partial charge in [-0.25, -0.2) is 18.7 Å². The molecule has 128 valence electrons. The normalized spacial score (nSPS) is 10.6. The van der Waals surface area contributed by atoms with E-state index < -0.39 is 11.6 Å². The van der Waals surface area contributed by atoms with Crippen LogP contribution in [0.3, 0.4) is 0 Å². The molecule has 0 aliphatic rings. The lowest BCUT2D eigenvalue weighted by Gasteiger charge is -2.13. The molecule has 0 unspecified atom stereocenters. The molecule has 0 bridgehead atoms. The summed E-state index contributed by atoms with van der Waals surface area (Å²) in [4.78, 5) is 8.07. The van der Waals surface area contributed by atoms with E-state index in [1.807, 2.05) is 0 Å². The second-order valence-corrected chi connectivity index (χ2v) is 5.83. The molecule has 4 N–H and O–H groups in total. The lowest BCUT2D eigenvalue weighted by atomic mass is 10.3. The Morgan fingerprint density at radius 1 is 0.880 bits per heavy atom. The molecule has 5 nitrogen and oxygen atoms in total. The predicted octanol–water partition coefficient (Wildman–Crippen LogP) is 5.13. The largest absolute Gasteiger partial charge is 0.393 e. The van der Waals surface area contributed by atoms with Gasteiger partial charge in [0, 0.05) is 16.8 Å². The number of nitrogen functional groups attached to an aromatic ring is 1. The minimum Gasteiger partial charge on any atom is -0.393 e. The Bertz CT molecular complexity index is 936. The molecule has 0 atom stereocenters. The Hall–Kier alpha value is -2.64. The number of nitrogens with one attached hydrogen (secondary N) is 2. The van der Waals surface area contributed by atoms with E-state index >= 15 is 0 Å². The van der Waals surface area contributed by atoms with Crippen molar-refractivity contribution in [2.24, 2.45) is 0 Å². The number of benzene rings is 2. The molecule has 25 heavy (non-hydrogen) atoms. The fourth-order valence-electron chi connectivity index (χ4n) is 2.02. The summed E-state index contributed by atoms with van der Waals surface area (Å²) < 4.78 is 26.3. The number of nitrogens with two attached hydrogens (primary N) is 1. The number of rotatable bonds is 4. The lowest BCUT2D eigenvalue weighted by Crippen LogP contribution is -2.05. The summed E-state index contributed by atoms with van der Waals surface area (Å²) in [5, 5.41) is 6.67. The van der Waals surface area contributed by atoms with E-state index in [9.17, 15) is 8.78 Å². The highest BCUT2D eigenvalue weighted by Crippen LogP contribution is 2.32. The third-order valence-corrected chi connectivity index (χ3v) is 3.80. The van der Waals surface area contributed by atoms with Crippen molar-refractivity contribution >= 4 is 51.9 Å². The topological polar surface area (TPSA) is 75.9 Å². The molecule has 3 aromatic rings. The van der Waals surface area contributed by atoms with Crippen LogP contribution in [0.1, 0.15) is 0 Å². The summed E-state index contributed by atoms with van der Waals surface area (Å²) in [7, 11) is 0. The molecule has 1 heterocycles. The van der Waals surface area contributed by atoms with Gasteiger partial charge in [-0.3, -0.25) is 0 Å². The minimum absolute atomic E-state index is 0.179. The molecule has 0 radical (unpaired) electrons.